The normalized spacial score (nSPS) is 0. The molecular formula is H3F2Gd2Na. The molecule has 0 spiro atoms. The minimum Gasteiger partial charge on any atom is -1.00 e. The SMILES string of the molecule is F.F.[Gd].[Gd].[H-].[Na+]. The van der Waals surface area contributed by atoms with E-state index in [2.05, 4.69) is 0 Å². The Morgan fingerprint density at radius 3 is 0.800 bits per heavy atom. The van der Waals surface area contributed by atoms with E-state index in [0.29, 0.717) is 0 Å². The van der Waals surface area contributed by atoms with E-state index >= 15 is 0 Å². The second kappa shape index (κ2) is 25.8. The Bertz CT molecular complexity index is 11.5. The van der Waals surface area contributed by atoms with E-state index in [0.717, 1.165) is 0 Å². The third-order valence-electron chi connectivity index (χ3n) is 0. The van der Waals surface area contributed by atoms with Gasteiger partial charge in [0.25, 0.3) is 0 Å². The quantitative estimate of drug-likeness (QED) is 0.407. The van der Waals surface area contributed by atoms with Crippen LogP contribution in [0, 0.1) is 79.9 Å². The smallest absolute Gasteiger partial charge is 1.00 e. The number of rotatable bonds is 0. The van der Waals surface area contributed by atoms with Crippen molar-refractivity contribution in [1.82, 2.24) is 0 Å². The second-order valence-electron chi connectivity index (χ2n) is 0. The fourth-order valence-corrected chi connectivity index (χ4v) is 0. The van der Waals surface area contributed by atoms with Gasteiger partial charge in [0.2, 0.25) is 0 Å². The predicted molar refractivity (Wildman–Crippen MR) is 6.12 cm³/mol. The summed E-state index contributed by atoms with van der Waals surface area (Å²) >= 11 is 0. The van der Waals surface area contributed by atoms with E-state index in [1.165, 1.54) is 0 Å². The van der Waals surface area contributed by atoms with E-state index in [1.807, 2.05) is 0 Å². The van der Waals surface area contributed by atoms with Crippen molar-refractivity contribution < 1.29 is 120 Å². The van der Waals surface area contributed by atoms with Crippen molar-refractivity contribution >= 4 is 0 Å². The molecule has 5 heteroatoms. The van der Waals surface area contributed by atoms with Crippen LogP contribution in [0.5, 0.6) is 0 Å². The first-order valence-electron chi connectivity index (χ1n) is 0. The molecule has 0 aromatic rings. The first-order chi connectivity index (χ1) is 0. The summed E-state index contributed by atoms with van der Waals surface area (Å²) in [6.07, 6.45) is 0. The van der Waals surface area contributed by atoms with Gasteiger partial charge < -0.3 is 1.43 Å². The molecule has 0 bridgehead atoms. The number of hydrogen-bond donors (Lipinski definition) is 0. The van der Waals surface area contributed by atoms with Crippen molar-refractivity contribution in [3.63, 3.8) is 0 Å². The van der Waals surface area contributed by atoms with Gasteiger partial charge in [-0.25, -0.2) is 0 Å². The molecule has 0 aliphatic carbocycles. The van der Waals surface area contributed by atoms with Gasteiger partial charge in [-0.1, -0.05) is 0 Å². The minimum atomic E-state index is 0. The first kappa shape index (κ1) is 39.0. The maximum atomic E-state index is 0. The largest absolute Gasteiger partial charge is 1.00 e. The molecule has 0 aromatic carbocycles. The van der Waals surface area contributed by atoms with E-state index in [9.17, 15) is 0 Å². The summed E-state index contributed by atoms with van der Waals surface area (Å²) in [6, 6.07) is 0. The van der Waals surface area contributed by atoms with Gasteiger partial charge in [0.15, 0.2) is 0 Å². The Morgan fingerprint density at radius 1 is 0.800 bits per heavy atom. The van der Waals surface area contributed by atoms with Crippen LogP contribution in [-0.2, 0) is 0 Å². The Balaban J connectivity index is 0. The van der Waals surface area contributed by atoms with Gasteiger partial charge in [0, 0.05) is 79.9 Å². The van der Waals surface area contributed by atoms with Crippen molar-refractivity contribution in [2.24, 2.45) is 0 Å². The van der Waals surface area contributed by atoms with Gasteiger partial charge in [0.1, 0.15) is 0 Å². The topological polar surface area (TPSA) is 0 Å². The first-order valence-corrected chi connectivity index (χ1v) is 0. The molecule has 0 N–H and O–H groups in total. The Morgan fingerprint density at radius 2 is 0.800 bits per heavy atom. The van der Waals surface area contributed by atoms with Crippen molar-refractivity contribution in [2.45, 2.75) is 0 Å². The second-order valence-corrected chi connectivity index (χ2v) is 0. The van der Waals surface area contributed by atoms with Gasteiger partial charge in [-0.2, -0.15) is 0 Å². The van der Waals surface area contributed by atoms with Crippen molar-refractivity contribution in [1.29, 1.82) is 0 Å². The van der Waals surface area contributed by atoms with Crippen LogP contribution < -0.4 is 29.6 Å². The monoisotopic (exact) mass is 380 g/mol. The Labute approximate surface area is 117 Å². The molecule has 0 aromatic heterocycles. The third kappa shape index (κ3) is 18.5. The summed E-state index contributed by atoms with van der Waals surface area (Å²) in [4.78, 5) is 0. The molecule has 0 nitrogen and oxygen atoms in total. The Kier molecular flexibility index (Phi) is 201. The van der Waals surface area contributed by atoms with Crippen LogP contribution >= 0.6 is 0 Å². The van der Waals surface area contributed by atoms with E-state index in [4.69, 9.17) is 0 Å². The summed E-state index contributed by atoms with van der Waals surface area (Å²) < 4.78 is 0. The molecule has 34 valence electrons. The summed E-state index contributed by atoms with van der Waals surface area (Å²) in [5, 5.41) is 0. The fourth-order valence-electron chi connectivity index (χ4n) is 0. The zero-order valence-corrected chi connectivity index (χ0v) is 9.06. The minimum absolute atomic E-state index is 0. The van der Waals surface area contributed by atoms with Crippen molar-refractivity contribution in [2.75, 3.05) is 0 Å². The molecule has 0 aliphatic rings. The van der Waals surface area contributed by atoms with Crippen LogP contribution in [0.2, 0.25) is 0 Å². The van der Waals surface area contributed by atoms with E-state index < -0.39 is 0 Å². The summed E-state index contributed by atoms with van der Waals surface area (Å²) in [6.45, 7) is 0. The van der Waals surface area contributed by atoms with Gasteiger partial charge in [0.05, 0.1) is 0 Å². The van der Waals surface area contributed by atoms with Crippen LogP contribution in [0.25, 0.3) is 0 Å². The van der Waals surface area contributed by atoms with Gasteiger partial charge in [-0.3, -0.25) is 9.41 Å². The van der Waals surface area contributed by atoms with E-state index in [1.54, 1.807) is 0 Å². The maximum absolute atomic E-state index is 0. The zero-order chi connectivity index (χ0) is 0. The fraction of sp³-hybridized carbons (Fsp3) is 0. The summed E-state index contributed by atoms with van der Waals surface area (Å²) in [5.41, 5.74) is 0. The molecule has 0 radical (unpaired) electrons. The molecule has 0 fully saturated rings. The molecule has 0 heterocycles. The maximum Gasteiger partial charge on any atom is 1.00 e. The molecular weight excluding hydrogens is 375 g/mol. The summed E-state index contributed by atoms with van der Waals surface area (Å²) in [7, 11) is 0. The predicted octanol–water partition coefficient (Wildman–Crippen LogP) is -2.58. The average molecular weight is 379 g/mol. The van der Waals surface area contributed by atoms with Crippen LogP contribution in [0.3, 0.4) is 0 Å². The molecule has 0 unspecified atom stereocenters. The third-order valence-corrected chi connectivity index (χ3v) is 0. The molecule has 0 saturated carbocycles. The molecule has 0 rings (SSSR count). The number of halogens is 2. The zero-order valence-electron chi connectivity index (χ0n) is 3.52. The van der Waals surface area contributed by atoms with E-state index in [-0.39, 0.29) is 120 Å². The van der Waals surface area contributed by atoms with Crippen LogP contribution in [0.15, 0.2) is 0 Å². The van der Waals surface area contributed by atoms with Crippen molar-refractivity contribution in [3.8, 4) is 0 Å². The standard InChI is InChI=1S/2FH.2Gd.Na.H/h2*1H;;;;/q;;;;+1;-1. The molecule has 0 aliphatic heterocycles. The van der Waals surface area contributed by atoms with Crippen molar-refractivity contribution in [3.05, 3.63) is 0 Å². The Hall–Kier alpha value is 3.51. The van der Waals surface area contributed by atoms with Gasteiger partial charge >= 0.3 is 29.6 Å². The summed E-state index contributed by atoms with van der Waals surface area (Å²) in [5.74, 6) is 0. The van der Waals surface area contributed by atoms with Crippen LogP contribution in [-0.4, -0.2) is 0 Å². The molecule has 0 amide bonds. The van der Waals surface area contributed by atoms with Gasteiger partial charge in [-0.15, -0.1) is 0 Å². The van der Waals surface area contributed by atoms with Crippen LogP contribution in [0.4, 0.5) is 9.41 Å². The van der Waals surface area contributed by atoms with Gasteiger partial charge in [-0.05, 0) is 0 Å². The average Bonchev–Trinajstić information content (AvgIpc) is 0. The molecule has 0 saturated heterocycles. The molecule has 5 heavy (non-hydrogen) atoms. The molecule has 0 atom stereocenters. The number of hydrogen-bond acceptors (Lipinski definition) is 0. The van der Waals surface area contributed by atoms with Crippen LogP contribution in [0.1, 0.15) is 1.43 Å².